The molecule has 0 spiro atoms. The lowest BCUT2D eigenvalue weighted by molar-refractivity contribution is -0.132. The van der Waals surface area contributed by atoms with E-state index in [9.17, 15) is 9.59 Å². The Morgan fingerprint density at radius 1 is 0.917 bits per heavy atom. The number of methoxy groups -OCH3 is 2. The van der Waals surface area contributed by atoms with Crippen LogP contribution in [-0.2, 0) is 17.8 Å². The maximum atomic E-state index is 13.6. The van der Waals surface area contributed by atoms with Gasteiger partial charge < -0.3 is 19.3 Å². The van der Waals surface area contributed by atoms with E-state index in [1.807, 2.05) is 71.8 Å². The standard InChI is InChI=1S/C29H36N2O4S/c1-5-6-16-31(29(33)24-12-9-22(2)10-13-24)21-28(32)30(20-25-8-7-18-36-25)17-15-23-11-14-26(34-3)27(19-23)35-4/h7-14,18-19H,5-6,15-17,20-21H2,1-4H3. The number of nitrogens with zero attached hydrogens (tertiary/aromatic N) is 2. The minimum atomic E-state index is -0.104. The zero-order chi connectivity index (χ0) is 25.9. The molecule has 0 aliphatic rings. The van der Waals surface area contributed by atoms with Crippen LogP contribution in [-0.4, -0.2) is 55.5 Å². The summed E-state index contributed by atoms with van der Waals surface area (Å²) in [7, 11) is 3.23. The minimum absolute atomic E-state index is 0.0551. The van der Waals surface area contributed by atoms with E-state index >= 15 is 0 Å². The van der Waals surface area contributed by atoms with Crippen molar-refractivity contribution >= 4 is 23.2 Å². The largest absolute Gasteiger partial charge is 0.493 e. The highest BCUT2D eigenvalue weighted by Crippen LogP contribution is 2.28. The second-order valence-electron chi connectivity index (χ2n) is 8.78. The summed E-state index contributed by atoms with van der Waals surface area (Å²) < 4.78 is 10.8. The fourth-order valence-corrected chi connectivity index (χ4v) is 4.65. The molecule has 0 saturated carbocycles. The van der Waals surface area contributed by atoms with Gasteiger partial charge in [-0.25, -0.2) is 0 Å². The molecule has 2 aromatic carbocycles. The van der Waals surface area contributed by atoms with E-state index in [-0.39, 0.29) is 18.4 Å². The minimum Gasteiger partial charge on any atom is -0.493 e. The predicted octanol–water partition coefficient (Wildman–Crippen LogP) is 5.59. The number of thiophene rings is 1. The van der Waals surface area contributed by atoms with E-state index in [0.717, 1.165) is 28.8 Å². The van der Waals surface area contributed by atoms with Crippen molar-refractivity contribution in [3.8, 4) is 11.5 Å². The summed E-state index contributed by atoms with van der Waals surface area (Å²) in [6, 6.07) is 17.4. The summed E-state index contributed by atoms with van der Waals surface area (Å²) in [5.41, 5.74) is 2.76. The molecule has 192 valence electrons. The fourth-order valence-electron chi connectivity index (χ4n) is 3.93. The van der Waals surface area contributed by atoms with Crippen molar-refractivity contribution in [2.75, 3.05) is 33.9 Å². The van der Waals surface area contributed by atoms with Crippen LogP contribution in [0.1, 0.15) is 46.1 Å². The maximum absolute atomic E-state index is 13.6. The van der Waals surface area contributed by atoms with Crippen molar-refractivity contribution in [1.82, 2.24) is 9.80 Å². The van der Waals surface area contributed by atoms with Gasteiger partial charge in [-0.05, 0) is 61.0 Å². The average Bonchev–Trinajstić information content (AvgIpc) is 3.41. The Bertz CT molecular complexity index is 1110. The van der Waals surface area contributed by atoms with Gasteiger partial charge in [-0.2, -0.15) is 0 Å². The first-order valence-corrected chi connectivity index (χ1v) is 13.2. The SMILES string of the molecule is CCCCN(CC(=O)N(CCc1ccc(OC)c(OC)c1)Cc1cccs1)C(=O)c1ccc(C)cc1. The Hall–Kier alpha value is -3.32. The second kappa shape index (κ2) is 13.7. The molecule has 0 atom stereocenters. The summed E-state index contributed by atoms with van der Waals surface area (Å²) in [5.74, 6) is 1.18. The van der Waals surface area contributed by atoms with Crippen molar-refractivity contribution in [2.24, 2.45) is 0 Å². The number of amides is 2. The highest BCUT2D eigenvalue weighted by molar-refractivity contribution is 7.09. The molecule has 0 unspecified atom stereocenters. The molecule has 0 bridgehead atoms. The third-order valence-corrected chi connectivity index (χ3v) is 6.95. The van der Waals surface area contributed by atoms with Crippen LogP contribution in [0, 0.1) is 6.92 Å². The number of rotatable bonds is 13. The molecule has 36 heavy (non-hydrogen) atoms. The molecule has 0 aliphatic heterocycles. The normalized spacial score (nSPS) is 10.7. The van der Waals surface area contributed by atoms with E-state index in [4.69, 9.17) is 9.47 Å². The van der Waals surface area contributed by atoms with E-state index in [2.05, 4.69) is 6.92 Å². The molecule has 0 saturated heterocycles. The van der Waals surface area contributed by atoms with Gasteiger partial charge in [0.25, 0.3) is 5.91 Å². The van der Waals surface area contributed by atoms with E-state index in [0.29, 0.717) is 43.1 Å². The summed E-state index contributed by atoms with van der Waals surface area (Å²) in [6.07, 6.45) is 2.46. The number of carbonyl (C=O) groups is 2. The van der Waals surface area contributed by atoms with Crippen LogP contribution < -0.4 is 9.47 Å². The molecular weight excluding hydrogens is 472 g/mol. The van der Waals surface area contributed by atoms with Crippen molar-refractivity contribution < 1.29 is 19.1 Å². The molecule has 6 nitrogen and oxygen atoms in total. The molecule has 0 radical (unpaired) electrons. The molecular formula is C29H36N2O4S. The molecule has 1 heterocycles. The third kappa shape index (κ3) is 7.59. The van der Waals surface area contributed by atoms with Gasteiger partial charge in [0.05, 0.1) is 20.8 Å². The maximum Gasteiger partial charge on any atom is 0.254 e. The zero-order valence-corrected chi connectivity index (χ0v) is 22.5. The molecule has 0 aliphatic carbocycles. The molecule has 0 fully saturated rings. The number of hydrogen-bond acceptors (Lipinski definition) is 5. The molecule has 7 heteroatoms. The predicted molar refractivity (Wildman–Crippen MR) is 145 cm³/mol. The number of unbranched alkanes of at least 4 members (excludes halogenated alkanes) is 1. The molecule has 3 aromatic rings. The summed E-state index contributed by atoms with van der Waals surface area (Å²) in [5, 5.41) is 2.01. The first-order valence-electron chi connectivity index (χ1n) is 12.3. The van der Waals surface area contributed by atoms with Gasteiger partial charge in [0, 0.05) is 23.5 Å². The van der Waals surface area contributed by atoms with Gasteiger partial charge >= 0.3 is 0 Å². The van der Waals surface area contributed by atoms with Crippen LogP contribution in [0.15, 0.2) is 60.0 Å². The van der Waals surface area contributed by atoms with Gasteiger partial charge in [0.15, 0.2) is 11.5 Å². The number of aryl methyl sites for hydroxylation is 1. The summed E-state index contributed by atoms with van der Waals surface area (Å²) in [4.78, 5) is 31.5. The first kappa shape index (κ1) is 27.3. The lowest BCUT2D eigenvalue weighted by Gasteiger charge is -2.28. The number of carbonyl (C=O) groups excluding carboxylic acids is 2. The number of ether oxygens (including phenoxy) is 2. The van der Waals surface area contributed by atoms with Crippen LogP contribution in [0.4, 0.5) is 0 Å². The highest BCUT2D eigenvalue weighted by Gasteiger charge is 2.23. The monoisotopic (exact) mass is 508 g/mol. The molecule has 3 rings (SSSR count). The van der Waals surface area contributed by atoms with E-state index in [1.54, 1.807) is 30.5 Å². The van der Waals surface area contributed by atoms with Crippen molar-refractivity contribution in [3.63, 3.8) is 0 Å². The van der Waals surface area contributed by atoms with Crippen molar-refractivity contribution in [1.29, 1.82) is 0 Å². The fraction of sp³-hybridized carbons (Fsp3) is 0.379. The Labute approximate surface area is 218 Å². The Morgan fingerprint density at radius 2 is 1.67 bits per heavy atom. The summed E-state index contributed by atoms with van der Waals surface area (Å²) in [6.45, 7) is 5.74. The van der Waals surface area contributed by atoms with Crippen LogP contribution >= 0.6 is 11.3 Å². The lowest BCUT2D eigenvalue weighted by Crippen LogP contribution is -2.43. The van der Waals surface area contributed by atoms with Crippen LogP contribution in [0.2, 0.25) is 0 Å². The zero-order valence-electron chi connectivity index (χ0n) is 21.7. The van der Waals surface area contributed by atoms with Crippen LogP contribution in [0.5, 0.6) is 11.5 Å². The van der Waals surface area contributed by atoms with Crippen molar-refractivity contribution in [3.05, 3.63) is 81.5 Å². The van der Waals surface area contributed by atoms with E-state index in [1.165, 1.54) is 0 Å². The van der Waals surface area contributed by atoms with Gasteiger partial charge in [-0.15, -0.1) is 11.3 Å². The van der Waals surface area contributed by atoms with Gasteiger partial charge in [0.2, 0.25) is 5.91 Å². The highest BCUT2D eigenvalue weighted by atomic mass is 32.1. The molecule has 1 aromatic heterocycles. The third-order valence-electron chi connectivity index (χ3n) is 6.09. The number of benzene rings is 2. The first-order chi connectivity index (χ1) is 17.4. The van der Waals surface area contributed by atoms with Crippen LogP contribution in [0.25, 0.3) is 0 Å². The Balaban J connectivity index is 1.76. The number of hydrogen-bond donors (Lipinski definition) is 0. The van der Waals surface area contributed by atoms with Crippen LogP contribution in [0.3, 0.4) is 0 Å². The van der Waals surface area contributed by atoms with Gasteiger partial charge in [0.1, 0.15) is 6.54 Å². The molecule has 0 N–H and O–H groups in total. The van der Waals surface area contributed by atoms with Gasteiger partial charge in [-0.3, -0.25) is 9.59 Å². The van der Waals surface area contributed by atoms with E-state index < -0.39 is 0 Å². The molecule has 2 amide bonds. The summed E-state index contributed by atoms with van der Waals surface area (Å²) >= 11 is 1.63. The van der Waals surface area contributed by atoms with Crippen molar-refractivity contribution in [2.45, 2.75) is 39.7 Å². The Morgan fingerprint density at radius 3 is 2.31 bits per heavy atom. The topological polar surface area (TPSA) is 59.1 Å². The second-order valence-corrected chi connectivity index (χ2v) is 9.81. The lowest BCUT2D eigenvalue weighted by atomic mass is 10.1. The van der Waals surface area contributed by atoms with Gasteiger partial charge in [-0.1, -0.05) is 43.2 Å². The Kier molecular flexibility index (Phi) is 10.4. The average molecular weight is 509 g/mol. The smallest absolute Gasteiger partial charge is 0.254 e. The quantitative estimate of drug-likeness (QED) is 0.302.